The van der Waals surface area contributed by atoms with Gasteiger partial charge in [0.25, 0.3) is 5.91 Å². The number of imidazole rings is 1. The molecule has 198 valence electrons. The summed E-state index contributed by atoms with van der Waals surface area (Å²) < 4.78 is 7.46. The molecule has 3 aromatic rings. The zero-order valence-corrected chi connectivity index (χ0v) is 22.5. The highest BCUT2D eigenvalue weighted by atomic mass is 16.3. The molecule has 1 amide bonds. The molecule has 36 heavy (non-hydrogen) atoms. The minimum absolute atomic E-state index is 0.207. The average molecular weight is 494 g/mol. The molecule has 0 fully saturated rings. The second-order valence-electron chi connectivity index (χ2n) is 10.1. The maximum atomic E-state index is 12.3. The first-order valence-electron chi connectivity index (χ1n) is 14.6. The van der Waals surface area contributed by atoms with Crippen LogP contribution in [0, 0.1) is 0 Å². The molecule has 0 aliphatic heterocycles. The van der Waals surface area contributed by atoms with Gasteiger partial charge in [-0.2, -0.15) is 0 Å². The summed E-state index contributed by atoms with van der Waals surface area (Å²) in [6, 6.07) is 11.6. The van der Waals surface area contributed by atoms with Crippen molar-refractivity contribution >= 4 is 16.9 Å². The quantitative estimate of drug-likeness (QED) is 0.160. The molecule has 1 N–H and O–H groups in total. The van der Waals surface area contributed by atoms with Crippen LogP contribution in [-0.4, -0.2) is 15.5 Å². The number of fused-ring (bicyclic) bond motifs is 1. The van der Waals surface area contributed by atoms with Crippen molar-refractivity contribution in [3.8, 4) is 0 Å². The van der Waals surface area contributed by atoms with Crippen LogP contribution >= 0.6 is 0 Å². The van der Waals surface area contributed by atoms with Crippen LogP contribution in [0.3, 0.4) is 0 Å². The van der Waals surface area contributed by atoms with E-state index in [9.17, 15) is 4.79 Å². The lowest BCUT2D eigenvalue weighted by Gasteiger charge is -2.10. The monoisotopic (exact) mass is 493 g/mol. The van der Waals surface area contributed by atoms with E-state index in [2.05, 4.69) is 28.9 Å². The molecule has 0 aliphatic carbocycles. The minimum atomic E-state index is -0.207. The van der Waals surface area contributed by atoms with Gasteiger partial charge in [-0.25, -0.2) is 4.98 Å². The van der Waals surface area contributed by atoms with Crippen molar-refractivity contribution in [2.45, 2.75) is 123 Å². The molecule has 0 radical (unpaired) electrons. The third-order valence-corrected chi connectivity index (χ3v) is 7.12. The van der Waals surface area contributed by atoms with E-state index in [1.54, 1.807) is 12.1 Å². The van der Waals surface area contributed by atoms with Crippen LogP contribution in [0.1, 0.15) is 126 Å². The van der Waals surface area contributed by atoms with Crippen LogP contribution in [0.25, 0.3) is 11.0 Å². The molecule has 3 rings (SSSR count). The number of nitrogens with zero attached hydrogens (tertiary/aromatic N) is 2. The summed E-state index contributed by atoms with van der Waals surface area (Å²) in [6.07, 6.45) is 23.5. The van der Waals surface area contributed by atoms with Crippen LogP contribution in [0.2, 0.25) is 0 Å². The first-order valence-corrected chi connectivity index (χ1v) is 14.6. The number of rotatable bonds is 20. The number of aromatic nitrogens is 2. The number of hydrogen-bond acceptors (Lipinski definition) is 3. The Morgan fingerprint density at radius 2 is 1.36 bits per heavy atom. The van der Waals surface area contributed by atoms with Gasteiger partial charge in [-0.15, -0.1) is 0 Å². The molecule has 2 aromatic heterocycles. The molecule has 0 saturated heterocycles. The highest BCUT2D eigenvalue weighted by Gasteiger charge is 2.13. The molecule has 0 aliphatic rings. The molecule has 0 spiro atoms. The Bertz CT molecular complexity index is 977. The lowest BCUT2D eigenvalue weighted by atomic mass is 10.0. The van der Waals surface area contributed by atoms with E-state index < -0.39 is 0 Å². The van der Waals surface area contributed by atoms with Gasteiger partial charge in [-0.05, 0) is 30.7 Å². The Labute approximate surface area is 218 Å². The van der Waals surface area contributed by atoms with Crippen molar-refractivity contribution in [3.05, 3.63) is 54.2 Å². The number of aryl methyl sites for hydroxylation is 1. The van der Waals surface area contributed by atoms with E-state index in [4.69, 9.17) is 9.40 Å². The van der Waals surface area contributed by atoms with Crippen molar-refractivity contribution < 1.29 is 9.21 Å². The number of nitrogens with one attached hydrogen (secondary N) is 1. The van der Waals surface area contributed by atoms with E-state index >= 15 is 0 Å². The van der Waals surface area contributed by atoms with Crippen LogP contribution in [0.4, 0.5) is 0 Å². The second-order valence-corrected chi connectivity index (χ2v) is 10.1. The fourth-order valence-electron chi connectivity index (χ4n) is 4.98. The molecule has 2 heterocycles. The zero-order chi connectivity index (χ0) is 25.3. The molecule has 0 saturated carbocycles. The summed E-state index contributed by atoms with van der Waals surface area (Å²) in [5.74, 6) is 1.02. The SMILES string of the molecule is CCCCCCCCCCCCCCCCCCn1c(CNC(=O)c2ccco2)nc2ccccc21. The molecular formula is C31H47N3O2. The number of carbonyl (C=O) groups is 1. The van der Waals surface area contributed by atoms with Crippen molar-refractivity contribution in [1.29, 1.82) is 0 Å². The Morgan fingerprint density at radius 1 is 0.778 bits per heavy atom. The van der Waals surface area contributed by atoms with E-state index in [-0.39, 0.29) is 5.91 Å². The van der Waals surface area contributed by atoms with Crippen molar-refractivity contribution in [2.24, 2.45) is 0 Å². The summed E-state index contributed by atoms with van der Waals surface area (Å²) in [6.45, 7) is 3.62. The number of furan rings is 1. The summed E-state index contributed by atoms with van der Waals surface area (Å²) in [4.78, 5) is 17.1. The van der Waals surface area contributed by atoms with Crippen LogP contribution < -0.4 is 5.32 Å². The third-order valence-electron chi connectivity index (χ3n) is 7.12. The number of carbonyl (C=O) groups excluding carboxylic acids is 1. The summed E-state index contributed by atoms with van der Waals surface area (Å²) >= 11 is 0. The van der Waals surface area contributed by atoms with Gasteiger partial charge in [0.15, 0.2) is 5.76 Å². The number of para-hydroxylation sites is 2. The average Bonchev–Trinajstić information content (AvgIpc) is 3.56. The van der Waals surface area contributed by atoms with Crippen LogP contribution in [0.15, 0.2) is 47.1 Å². The summed E-state index contributed by atoms with van der Waals surface area (Å²) in [5.41, 5.74) is 2.12. The Kier molecular flexibility index (Phi) is 13.2. The minimum Gasteiger partial charge on any atom is -0.459 e. The molecule has 5 nitrogen and oxygen atoms in total. The van der Waals surface area contributed by atoms with Gasteiger partial charge in [-0.1, -0.05) is 115 Å². The number of hydrogen-bond donors (Lipinski definition) is 1. The van der Waals surface area contributed by atoms with Crippen molar-refractivity contribution in [1.82, 2.24) is 14.9 Å². The normalized spacial score (nSPS) is 11.4. The van der Waals surface area contributed by atoms with E-state index in [1.807, 2.05) is 12.1 Å². The molecule has 0 unspecified atom stereocenters. The predicted octanol–water partition coefficient (Wildman–Crippen LogP) is 8.82. The molecular weight excluding hydrogens is 446 g/mol. The van der Waals surface area contributed by atoms with Crippen molar-refractivity contribution in [3.63, 3.8) is 0 Å². The zero-order valence-electron chi connectivity index (χ0n) is 22.5. The standard InChI is InChI=1S/C31H47N3O2/c1-2-3-4-5-6-7-8-9-10-11-12-13-14-15-16-19-24-34-28-22-18-17-21-27(28)33-30(34)26-32-31(35)29-23-20-25-36-29/h17-18,20-23,25H,2-16,19,24,26H2,1H3,(H,32,35). The van der Waals surface area contributed by atoms with E-state index in [0.29, 0.717) is 12.3 Å². The fraction of sp³-hybridized carbons (Fsp3) is 0.613. The summed E-state index contributed by atoms with van der Waals surface area (Å²) in [5, 5.41) is 2.94. The Morgan fingerprint density at radius 3 is 1.94 bits per heavy atom. The van der Waals surface area contributed by atoms with Gasteiger partial charge >= 0.3 is 0 Å². The predicted molar refractivity (Wildman–Crippen MR) is 149 cm³/mol. The smallest absolute Gasteiger partial charge is 0.287 e. The van der Waals surface area contributed by atoms with Crippen LogP contribution in [-0.2, 0) is 13.1 Å². The second kappa shape index (κ2) is 17.0. The first-order chi connectivity index (χ1) is 17.8. The fourth-order valence-corrected chi connectivity index (χ4v) is 4.98. The molecule has 5 heteroatoms. The summed E-state index contributed by atoms with van der Waals surface area (Å²) in [7, 11) is 0. The lowest BCUT2D eigenvalue weighted by molar-refractivity contribution is 0.0921. The maximum Gasteiger partial charge on any atom is 0.287 e. The van der Waals surface area contributed by atoms with E-state index in [1.165, 1.54) is 103 Å². The molecule has 1 aromatic carbocycles. The van der Waals surface area contributed by atoms with Gasteiger partial charge < -0.3 is 14.3 Å². The highest BCUT2D eigenvalue weighted by Crippen LogP contribution is 2.18. The topological polar surface area (TPSA) is 60.1 Å². The van der Waals surface area contributed by atoms with Gasteiger partial charge in [0.2, 0.25) is 0 Å². The van der Waals surface area contributed by atoms with E-state index in [0.717, 1.165) is 29.8 Å². The Hall–Kier alpha value is -2.56. The lowest BCUT2D eigenvalue weighted by Crippen LogP contribution is -2.24. The third kappa shape index (κ3) is 9.83. The molecule has 0 bridgehead atoms. The van der Waals surface area contributed by atoms with Gasteiger partial charge in [0.1, 0.15) is 5.82 Å². The van der Waals surface area contributed by atoms with Crippen molar-refractivity contribution in [2.75, 3.05) is 0 Å². The van der Waals surface area contributed by atoms with Gasteiger partial charge in [-0.3, -0.25) is 4.79 Å². The number of amides is 1. The largest absolute Gasteiger partial charge is 0.459 e. The van der Waals surface area contributed by atoms with Crippen LogP contribution in [0.5, 0.6) is 0 Å². The maximum absolute atomic E-state index is 12.3. The highest BCUT2D eigenvalue weighted by molar-refractivity contribution is 5.91. The first kappa shape index (κ1) is 28.0. The van der Waals surface area contributed by atoms with Gasteiger partial charge in [0.05, 0.1) is 23.8 Å². The Balaban J connectivity index is 1.26. The number of unbranched alkanes of at least 4 members (excludes halogenated alkanes) is 15. The number of benzene rings is 1. The molecule has 0 atom stereocenters. The van der Waals surface area contributed by atoms with Gasteiger partial charge in [0, 0.05) is 6.54 Å².